The predicted molar refractivity (Wildman–Crippen MR) is 330 cm³/mol. The van der Waals surface area contributed by atoms with Gasteiger partial charge in [-0.3, -0.25) is 4.79 Å². The van der Waals surface area contributed by atoms with Crippen LogP contribution in [-0.2, 0) is 4.79 Å². The molecule has 0 radical (unpaired) electrons. The van der Waals surface area contributed by atoms with Crippen LogP contribution >= 0.6 is 0 Å². The van der Waals surface area contributed by atoms with E-state index < -0.39 is 36.9 Å². The second-order valence-electron chi connectivity index (χ2n) is 23.5. The van der Waals surface area contributed by atoms with E-state index in [0.717, 1.165) is 51.4 Å². The van der Waals surface area contributed by atoms with Gasteiger partial charge in [0, 0.05) is 0 Å². The maximum absolute atomic E-state index is 12.6. The fraction of sp³-hybridized carbons (Fsp3) is 0.899. The highest BCUT2D eigenvalue weighted by molar-refractivity contribution is 5.80. The lowest BCUT2D eigenvalue weighted by Gasteiger charge is -2.27. The monoisotopic (exact) mass is 1060 g/mol. The quantitative estimate of drug-likeness (QED) is 0.0308. The van der Waals surface area contributed by atoms with Gasteiger partial charge in [-0.15, -0.1) is 0 Å². The van der Waals surface area contributed by atoms with Crippen molar-refractivity contribution in [3.8, 4) is 0 Å². The molecule has 0 aromatic rings. The summed E-state index contributed by atoms with van der Waals surface area (Å²) in [6, 6.07) is -1.01. The summed E-state index contributed by atoms with van der Waals surface area (Å²) in [5, 5.41) is 44.1. The number of aliphatic hydroxyl groups is 4. The van der Waals surface area contributed by atoms with Gasteiger partial charge in [-0.2, -0.15) is 0 Å². The number of amides is 1. The van der Waals surface area contributed by atoms with Gasteiger partial charge in [-0.25, -0.2) is 0 Å². The van der Waals surface area contributed by atoms with E-state index in [2.05, 4.69) is 55.6 Å². The molecule has 0 aliphatic rings. The van der Waals surface area contributed by atoms with Crippen LogP contribution < -0.4 is 5.32 Å². The second kappa shape index (κ2) is 63.4. The molecule has 0 aliphatic heterocycles. The van der Waals surface area contributed by atoms with Gasteiger partial charge >= 0.3 is 0 Å². The fourth-order valence-electron chi connectivity index (χ4n) is 10.8. The Balaban J connectivity index is 3.54. The number of carbonyl (C=O) groups excluding carboxylic acids is 1. The van der Waals surface area contributed by atoms with Crippen molar-refractivity contribution in [2.75, 3.05) is 6.61 Å². The van der Waals surface area contributed by atoms with Crippen molar-refractivity contribution in [1.29, 1.82) is 0 Å². The molecule has 444 valence electrons. The van der Waals surface area contributed by atoms with Gasteiger partial charge in [-0.05, 0) is 64.2 Å². The van der Waals surface area contributed by atoms with E-state index in [4.69, 9.17) is 0 Å². The average molecular weight is 1060 g/mol. The molecule has 4 unspecified atom stereocenters. The van der Waals surface area contributed by atoms with Crippen LogP contribution in [0.15, 0.2) is 36.5 Å². The lowest BCUT2D eigenvalue weighted by atomic mass is 10.00. The molecule has 6 heteroatoms. The number of unbranched alkanes of at least 4 members (excludes halogenated alkanes) is 48. The third-order valence-corrected chi connectivity index (χ3v) is 16.1. The fourth-order valence-corrected chi connectivity index (χ4v) is 10.8. The van der Waals surface area contributed by atoms with Crippen LogP contribution in [-0.4, -0.2) is 57.3 Å². The molecule has 0 aliphatic carbocycles. The molecule has 0 saturated heterocycles. The first-order chi connectivity index (χ1) is 37.0. The standard InChI is InChI=1S/C69H133NO5/c1-3-5-7-9-11-13-15-17-19-21-23-25-26-27-28-29-30-31-32-33-34-35-36-37-38-39-40-41-43-45-47-49-51-53-55-57-59-61-63-67(73)69(75)70-65(64-71)68(74)66(72)62-60-58-56-54-52-50-48-46-44-42-24-22-20-18-16-14-12-10-8-6-4-2/h22,24,46,48,54,56,65-68,71-74H,3-21,23,25-45,47,49-53,55,57-64H2,1-2H3,(H,70,75)/b24-22+,48-46+,56-54+. The van der Waals surface area contributed by atoms with Gasteiger partial charge in [-0.1, -0.05) is 339 Å². The molecule has 0 aromatic carbocycles. The molecule has 0 rings (SSSR count). The zero-order valence-electron chi connectivity index (χ0n) is 50.6. The Morgan fingerprint density at radius 3 is 0.840 bits per heavy atom. The molecule has 0 bridgehead atoms. The van der Waals surface area contributed by atoms with Crippen molar-refractivity contribution in [1.82, 2.24) is 5.32 Å². The number of carbonyl (C=O) groups is 1. The van der Waals surface area contributed by atoms with Crippen LogP contribution in [0, 0.1) is 0 Å². The SMILES string of the molecule is CCCCCCCCCC/C=C/CC/C=C/CC/C=C/CCCC(O)C(O)C(CO)NC(=O)C(O)CCCCCCCCCCCCCCCCCCCCCCCCCCCCCCCCCCCCCCCC. The molecule has 5 N–H and O–H groups in total. The summed E-state index contributed by atoms with van der Waals surface area (Å²) in [4.78, 5) is 12.6. The molecule has 0 spiro atoms. The first-order valence-corrected chi connectivity index (χ1v) is 33.9. The van der Waals surface area contributed by atoms with Crippen LogP contribution in [0.4, 0.5) is 0 Å². The van der Waals surface area contributed by atoms with Crippen molar-refractivity contribution < 1.29 is 25.2 Å². The Kier molecular flexibility index (Phi) is 62.1. The third-order valence-electron chi connectivity index (χ3n) is 16.1. The topological polar surface area (TPSA) is 110 Å². The predicted octanol–water partition coefficient (Wildman–Crippen LogP) is 20.7. The third kappa shape index (κ3) is 57.0. The highest BCUT2D eigenvalue weighted by Crippen LogP contribution is 2.19. The molecule has 0 fully saturated rings. The maximum Gasteiger partial charge on any atom is 0.249 e. The van der Waals surface area contributed by atoms with E-state index in [1.54, 1.807) is 0 Å². The highest BCUT2D eigenvalue weighted by atomic mass is 16.3. The van der Waals surface area contributed by atoms with Crippen LogP contribution in [0.25, 0.3) is 0 Å². The lowest BCUT2D eigenvalue weighted by molar-refractivity contribution is -0.132. The summed E-state index contributed by atoms with van der Waals surface area (Å²) in [5.41, 5.74) is 0. The van der Waals surface area contributed by atoms with Gasteiger partial charge < -0.3 is 25.7 Å². The normalized spacial score (nSPS) is 13.7. The summed E-state index contributed by atoms with van der Waals surface area (Å²) >= 11 is 0. The Hall–Kier alpha value is -1.47. The number of hydrogen-bond acceptors (Lipinski definition) is 5. The van der Waals surface area contributed by atoms with Gasteiger partial charge in [0.05, 0.1) is 18.8 Å². The largest absolute Gasteiger partial charge is 0.394 e. The Morgan fingerprint density at radius 2 is 0.560 bits per heavy atom. The maximum atomic E-state index is 12.6. The molecular formula is C69H133NO5. The summed E-state index contributed by atoms with van der Waals surface area (Å²) < 4.78 is 0. The zero-order chi connectivity index (χ0) is 54.4. The smallest absolute Gasteiger partial charge is 0.249 e. The number of hydrogen-bond donors (Lipinski definition) is 5. The summed E-state index contributed by atoms with van der Waals surface area (Å²) in [5.74, 6) is -0.593. The first kappa shape index (κ1) is 73.5. The van der Waals surface area contributed by atoms with Crippen molar-refractivity contribution in [3.63, 3.8) is 0 Å². The van der Waals surface area contributed by atoms with Crippen LogP contribution in [0.5, 0.6) is 0 Å². The number of allylic oxidation sites excluding steroid dienone is 6. The van der Waals surface area contributed by atoms with Gasteiger partial charge in [0.25, 0.3) is 0 Å². The van der Waals surface area contributed by atoms with Gasteiger partial charge in [0.1, 0.15) is 12.2 Å². The molecule has 0 saturated carbocycles. The first-order valence-electron chi connectivity index (χ1n) is 33.9. The molecule has 0 heterocycles. The number of nitrogens with one attached hydrogen (secondary N) is 1. The zero-order valence-corrected chi connectivity index (χ0v) is 50.6. The number of rotatable bonds is 63. The molecule has 75 heavy (non-hydrogen) atoms. The van der Waals surface area contributed by atoms with Crippen LogP contribution in [0.2, 0.25) is 0 Å². The molecule has 0 aromatic heterocycles. The van der Waals surface area contributed by atoms with Gasteiger partial charge in [0.15, 0.2) is 0 Å². The van der Waals surface area contributed by atoms with Crippen molar-refractivity contribution in [2.45, 2.75) is 391 Å². The summed E-state index contributed by atoms with van der Waals surface area (Å²) in [6.45, 7) is 4.08. The molecule has 1 amide bonds. The molecular weight excluding hydrogens is 923 g/mol. The minimum Gasteiger partial charge on any atom is -0.394 e. The minimum atomic E-state index is -1.29. The minimum absolute atomic E-state index is 0.362. The Labute approximate surface area is 468 Å². The van der Waals surface area contributed by atoms with E-state index in [1.807, 2.05) is 0 Å². The van der Waals surface area contributed by atoms with Crippen LogP contribution in [0.1, 0.15) is 367 Å². The Morgan fingerprint density at radius 1 is 0.320 bits per heavy atom. The Bertz CT molecular complexity index is 1190. The highest BCUT2D eigenvalue weighted by Gasteiger charge is 2.28. The number of aliphatic hydroxyl groups excluding tert-OH is 4. The van der Waals surface area contributed by atoms with Crippen molar-refractivity contribution in [3.05, 3.63) is 36.5 Å². The van der Waals surface area contributed by atoms with Crippen molar-refractivity contribution >= 4 is 5.91 Å². The molecule has 6 nitrogen and oxygen atoms in total. The van der Waals surface area contributed by atoms with Crippen molar-refractivity contribution in [2.24, 2.45) is 0 Å². The molecule has 4 atom stereocenters. The van der Waals surface area contributed by atoms with Gasteiger partial charge in [0.2, 0.25) is 5.91 Å². The summed E-state index contributed by atoms with van der Waals surface area (Å²) in [6.07, 6.45) is 81.3. The second-order valence-corrected chi connectivity index (χ2v) is 23.5. The summed E-state index contributed by atoms with van der Waals surface area (Å²) in [7, 11) is 0. The van der Waals surface area contributed by atoms with E-state index in [-0.39, 0.29) is 0 Å². The van der Waals surface area contributed by atoms with E-state index >= 15 is 0 Å². The van der Waals surface area contributed by atoms with E-state index in [0.29, 0.717) is 19.3 Å². The van der Waals surface area contributed by atoms with E-state index in [9.17, 15) is 25.2 Å². The average Bonchev–Trinajstić information content (AvgIpc) is 3.42. The lowest BCUT2D eigenvalue weighted by Crippen LogP contribution is -2.53. The van der Waals surface area contributed by atoms with Crippen LogP contribution in [0.3, 0.4) is 0 Å². The van der Waals surface area contributed by atoms with E-state index in [1.165, 1.54) is 283 Å².